The van der Waals surface area contributed by atoms with Crippen molar-refractivity contribution in [3.63, 3.8) is 0 Å². The molecule has 82 valence electrons. The normalized spacial score (nSPS) is 11.1. The molecule has 0 unspecified atom stereocenters. The number of carbonyl (C=O) groups is 1. The van der Waals surface area contributed by atoms with Crippen LogP contribution in [0.3, 0.4) is 0 Å². The molecule has 0 atom stereocenters. The average molecular weight is 209 g/mol. The van der Waals surface area contributed by atoms with E-state index >= 15 is 0 Å². The third-order valence-electron chi connectivity index (χ3n) is 2.33. The minimum absolute atomic E-state index is 0.642. The van der Waals surface area contributed by atoms with Crippen LogP contribution < -0.4 is 5.32 Å². The second-order valence-electron chi connectivity index (χ2n) is 2.99. The first kappa shape index (κ1) is 11.7. The van der Waals surface area contributed by atoms with Crippen LogP contribution in [0.15, 0.2) is 24.3 Å². The lowest BCUT2D eigenvalue weighted by atomic mass is 10.0. The number of anilines is 1. The Morgan fingerprint density at radius 1 is 1.27 bits per heavy atom. The Morgan fingerprint density at radius 3 is 2.33 bits per heavy atom. The van der Waals surface area contributed by atoms with Gasteiger partial charge in [-0.2, -0.15) is 0 Å². The van der Waals surface area contributed by atoms with Crippen molar-refractivity contribution in [2.24, 2.45) is 0 Å². The molecule has 0 amide bonds. The van der Waals surface area contributed by atoms with E-state index in [1.54, 1.807) is 13.1 Å². The number of rotatable bonds is 5. The number of hydrogen-bond donors (Lipinski definition) is 1. The van der Waals surface area contributed by atoms with E-state index in [0.717, 1.165) is 5.69 Å². The molecule has 4 heteroatoms. The predicted octanol–water partition coefficient (Wildman–Crippen LogP) is 1.37. The third-order valence-corrected chi connectivity index (χ3v) is 2.33. The molecule has 0 fully saturated rings. The summed E-state index contributed by atoms with van der Waals surface area (Å²) in [6.07, 6.45) is 0.642. The van der Waals surface area contributed by atoms with Crippen molar-refractivity contribution in [3.05, 3.63) is 29.8 Å². The largest absolute Gasteiger partial charge is 0.388 e. The number of para-hydroxylation sites is 1. The second kappa shape index (κ2) is 4.91. The fourth-order valence-electron chi connectivity index (χ4n) is 1.47. The van der Waals surface area contributed by atoms with Crippen molar-refractivity contribution >= 4 is 12.0 Å². The van der Waals surface area contributed by atoms with Gasteiger partial charge in [0.05, 0.1) is 0 Å². The van der Waals surface area contributed by atoms with Crippen LogP contribution in [0.4, 0.5) is 5.69 Å². The van der Waals surface area contributed by atoms with Crippen LogP contribution in [-0.2, 0) is 20.1 Å². The van der Waals surface area contributed by atoms with Gasteiger partial charge in [0.2, 0.25) is 0 Å². The fraction of sp³-hybridized carbons (Fsp3) is 0.364. The first-order valence-electron chi connectivity index (χ1n) is 4.58. The molecule has 1 N–H and O–H groups in total. The van der Waals surface area contributed by atoms with Crippen LogP contribution in [-0.4, -0.2) is 27.6 Å². The Labute approximate surface area is 89.2 Å². The zero-order chi connectivity index (χ0) is 11.3. The van der Waals surface area contributed by atoms with Gasteiger partial charge < -0.3 is 14.8 Å². The number of benzene rings is 1. The maximum atomic E-state index is 11.1. The summed E-state index contributed by atoms with van der Waals surface area (Å²) in [7, 11) is 4.65. The van der Waals surface area contributed by atoms with E-state index in [-0.39, 0.29) is 0 Å². The van der Waals surface area contributed by atoms with Gasteiger partial charge in [-0.25, -0.2) is 0 Å². The Bertz CT molecular complexity index is 334. The number of methoxy groups -OCH3 is 2. The SMILES string of the molecule is CNc1ccccc1C(C=O)(OC)OC. The molecule has 1 aromatic rings. The van der Waals surface area contributed by atoms with E-state index in [0.29, 0.717) is 11.8 Å². The molecule has 0 saturated carbocycles. The van der Waals surface area contributed by atoms with Crippen LogP contribution in [0.5, 0.6) is 0 Å². The van der Waals surface area contributed by atoms with Gasteiger partial charge in [0, 0.05) is 32.5 Å². The van der Waals surface area contributed by atoms with Gasteiger partial charge in [-0.3, -0.25) is 4.79 Å². The second-order valence-corrected chi connectivity index (χ2v) is 2.99. The van der Waals surface area contributed by atoms with Gasteiger partial charge in [0.1, 0.15) is 0 Å². The summed E-state index contributed by atoms with van der Waals surface area (Å²) >= 11 is 0. The first-order valence-corrected chi connectivity index (χ1v) is 4.58. The summed E-state index contributed by atoms with van der Waals surface area (Å²) in [5, 5.41) is 2.98. The lowest BCUT2D eigenvalue weighted by molar-refractivity contribution is -0.201. The highest BCUT2D eigenvalue weighted by atomic mass is 16.7. The van der Waals surface area contributed by atoms with Gasteiger partial charge >= 0.3 is 0 Å². The first-order chi connectivity index (χ1) is 7.24. The number of carbonyl (C=O) groups excluding carboxylic acids is 1. The van der Waals surface area contributed by atoms with Crippen molar-refractivity contribution in [2.45, 2.75) is 5.79 Å². The van der Waals surface area contributed by atoms with E-state index in [9.17, 15) is 4.79 Å². The highest BCUT2D eigenvalue weighted by molar-refractivity contribution is 5.69. The Balaban J connectivity index is 3.27. The highest BCUT2D eigenvalue weighted by Gasteiger charge is 2.33. The zero-order valence-corrected chi connectivity index (χ0v) is 9.11. The Hall–Kier alpha value is -1.39. The fourth-order valence-corrected chi connectivity index (χ4v) is 1.47. The van der Waals surface area contributed by atoms with Crippen LogP contribution in [0.1, 0.15) is 5.56 Å². The summed E-state index contributed by atoms with van der Waals surface area (Å²) in [6.45, 7) is 0. The zero-order valence-electron chi connectivity index (χ0n) is 9.11. The molecule has 0 bridgehead atoms. The van der Waals surface area contributed by atoms with Crippen molar-refractivity contribution in [2.75, 3.05) is 26.6 Å². The van der Waals surface area contributed by atoms with E-state index in [1.165, 1.54) is 14.2 Å². The molecule has 0 aliphatic carbocycles. The van der Waals surface area contributed by atoms with Crippen molar-refractivity contribution < 1.29 is 14.3 Å². The summed E-state index contributed by atoms with van der Waals surface area (Å²) < 4.78 is 10.3. The molecule has 4 nitrogen and oxygen atoms in total. The molecule has 1 aromatic carbocycles. The van der Waals surface area contributed by atoms with E-state index in [1.807, 2.05) is 18.2 Å². The van der Waals surface area contributed by atoms with E-state index < -0.39 is 5.79 Å². The Morgan fingerprint density at radius 2 is 1.87 bits per heavy atom. The van der Waals surface area contributed by atoms with Crippen molar-refractivity contribution in [1.82, 2.24) is 0 Å². The summed E-state index contributed by atoms with van der Waals surface area (Å²) in [4.78, 5) is 11.1. The maximum absolute atomic E-state index is 11.1. The van der Waals surface area contributed by atoms with Crippen molar-refractivity contribution in [1.29, 1.82) is 0 Å². The molecule has 0 radical (unpaired) electrons. The molecule has 15 heavy (non-hydrogen) atoms. The van der Waals surface area contributed by atoms with Crippen molar-refractivity contribution in [3.8, 4) is 0 Å². The molecular weight excluding hydrogens is 194 g/mol. The standard InChI is InChI=1S/C11H15NO3/c1-12-10-7-5-4-6-9(10)11(8-13,14-2)15-3/h4-8,12H,1-3H3. The predicted molar refractivity (Wildman–Crippen MR) is 57.7 cm³/mol. The highest BCUT2D eigenvalue weighted by Crippen LogP contribution is 2.29. The van der Waals surface area contributed by atoms with Gasteiger partial charge in [-0.05, 0) is 6.07 Å². The van der Waals surface area contributed by atoms with Crippen LogP contribution >= 0.6 is 0 Å². The van der Waals surface area contributed by atoms with Gasteiger partial charge in [0.25, 0.3) is 5.79 Å². The monoisotopic (exact) mass is 209 g/mol. The smallest absolute Gasteiger partial charge is 0.254 e. The number of ether oxygens (including phenoxy) is 2. The molecule has 0 aliphatic rings. The van der Waals surface area contributed by atoms with Gasteiger partial charge in [0.15, 0.2) is 6.29 Å². The minimum atomic E-state index is -1.33. The summed E-state index contributed by atoms with van der Waals surface area (Å²) in [6, 6.07) is 7.33. The van der Waals surface area contributed by atoms with Gasteiger partial charge in [-0.15, -0.1) is 0 Å². The lowest BCUT2D eigenvalue weighted by Crippen LogP contribution is -2.33. The molecular formula is C11H15NO3. The van der Waals surface area contributed by atoms with Crippen LogP contribution in [0, 0.1) is 0 Å². The molecule has 0 heterocycles. The van der Waals surface area contributed by atoms with Gasteiger partial charge in [-0.1, -0.05) is 18.2 Å². The van der Waals surface area contributed by atoms with Crippen LogP contribution in [0.25, 0.3) is 0 Å². The number of hydrogen-bond acceptors (Lipinski definition) is 4. The molecule has 1 rings (SSSR count). The summed E-state index contributed by atoms with van der Waals surface area (Å²) in [5.41, 5.74) is 1.46. The Kier molecular flexibility index (Phi) is 3.82. The average Bonchev–Trinajstić information content (AvgIpc) is 2.33. The molecule has 0 aliphatic heterocycles. The third kappa shape index (κ3) is 2.00. The topological polar surface area (TPSA) is 47.6 Å². The molecule has 0 aromatic heterocycles. The lowest BCUT2D eigenvalue weighted by Gasteiger charge is -2.26. The molecule has 0 saturated heterocycles. The summed E-state index contributed by atoms with van der Waals surface area (Å²) in [5.74, 6) is -1.33. The maximum Gasteiger partial charge on any atom is 0.254 e. The van der Waals surface area contributed by atoms with Crippen LogP contribution in [0.2, 0.25) is 0 Å². The quantitative estimate of drug-likeness (QED) is 0.587. The van der Waals surface area contributed by atoms with E-state index in [4.69, 9.17) is 9.47 Å². The number of aldehydes is 1. The number of nitrogens with one attached hydrogen (secondary N) is 1. The molecule has 0 spiro atoms. The van der Waals surface area contributed by atoms with E-state index in [2.05, 4.69) is 5.32 Å². The minimum Gasteiger partial charge on any atom is -0.388 e.